The summed E-state index contributed by atoms with van der Waals surface area (Å²) in [6, 6.07) is 12.1. The Kier molecular flexibility index (Phi) is 18.4. The first-order valence-corrected chi connectivity index (χ1v) is 28.1. The molecule has 1 aliphatic carbocycles. The van der Waals surface area contributed by atoms with E-state index in [0.29, 0.717) is 71.2 Å². The van der Waals surface area contributed by atoms with E-state index in [4.69, 9.17) is 38.5 Å². The normalized spacial score (nSPS) is 18.1. The van der Waals surface area contributed by atoms with Crippen LogP contribution < -0.4 is 10.2 Å². The van der Waals surface area contributed by atoms with Gasteiger partial charge in [0.2, 0.25) is 0 Å². The second-order valence-corrected chi connectivity index (χ2v) is 28.9. The van der Waals surface area contributed by atoms with Crippen molar-refractivity contribution in [3.05, 3.63) is 58.5 Å². The Balaban J connectivity index is 1.80. The molecule has 0 radical (unpaired) electrons. The molecule has 57 heavy (non-hydrogen) atoms. The Morgan fingerprint density at radius 1 is 0.947 bits per heavy atom. The van der Waals surface area contributed by atoms with Gasteiger partial charge in [0.25, 0.3) is 0 Å². The molecule has 316 valence electrons. The van der Waals surface area contributed by atoms with Crippen molar-refractivity contribution in [2.24, 2.45) is 4.99 Å². The largest absolute Gasteiger partial charge is 0.461 e. The average molecular weight is 890 g/mol. The number of hydrogen-bond donors (Lipinski definition) is 1. The van der Waals surface area contributed by atoms with Crippen molar-refractivity contribution in [3.63, 3.8) is 0 Å². The minimum atomic E-state index is -1.33. The van der Waals surface area contributed by atoms with Gasteiger partial charge in [0.05, 0.1) is 36.2 Å². The summed E-state index contributed by atoms with van der Waals surface area (Å²) in [5, 5.41) is 8.37. The molecule has 4 rings (SSSR count). The zero-order chi connectivity index (χ0) is 41.5. The van der Waals surface area contributed by atoms with Crippen molar-refractivity contribution >= 4 is 67.0 Å². The molecule has 3 aromatic rings. The Bertz CT molecular complexity index is 1730. The number of carbonyl (C=O) groups is 1. The quantitative estimate of drug-likeness (QED) is 0.0307. The molecule has 1 saturated carbocycles. The summed E-state index contributed by atoms with van der Waals surface area (Å²) < 4.78 is 37.8. The number of benzene rings is 1. The molecule has 0 aliphatic heterocycles. The van der Waals surface area contributed by atoms with Crippen LogP contribution in [0.1, 0.15) is 42.9 Å². The van der Waals surface area contributed by atoms with Crippen molar-refractivity contribution < 1.29 is 33.2 Å². The molecule has 0 bridgehead atoms. The lowest BCUT2D eigenvalue weighted by Crippen LogP contribution is -2.46. The lowest BCUT2D eigenvalue weighted by Gasteiger charge is -2.38. The van der Waals surface area contributed by atoms with E-state index in [1.165, 1.54) is 0 Å². The first-order valence-electron chi connectivity index (χ1n) is 19.9. The summed E-state index contributed by atoms with van der Waals surface area (Å²) >= 11 is 4.04. The number of esters is 1. The number of allylic oxidation sites excluding steroid dienone is 1. The molecule has 1 aliphatic rings. The number of halogens is 1. The van der Waals surface area contributed by atoms with Crippen LogP contribution in [0.3, 0.4) is 0 Å². The molecular weight excluding hydrogens is 825 g/mol. The van der Waals surface area contributed by atoms with Crippen LogP contribution in [0.5, 0.6) is 0 Å². The second-order valence-electron chi connectivity index (χ2n) is 16.9. The van der Waals surface area contributed by atoms with E-state index in [-0.39, 0.29) is 25.1 Å². The molecular formula is C41H65BrN6O7Si2. The maximum Gasteiger partial charge on any atom is 0.338 e. The van der Waals surface area contributed by atoms with Gasteiger partial charge in [-0.15, -0.1) is 0 Å². The van der Waals surface area contributed by atoms with Crippen molar-refractivity contribution in [2.45, 2.75) is 88.6 Å². The Hall–Kier alpha value is -2.97. The molecule has 0 saturated heterocycles. The lowest BCUT2D eigenvalue weighted by molar-refractivity contribution is -0.181. The standard InChI is InChI=1S/C41H65BrN6O7Si2/c1-43-27-33(28-44-34-13-11-10-12-14-34)35-29-45-48-38(35)46-37(32-15-17-41(18-16-32,55-22-20-51-3)40(49)54-21-19-50-2)36(42)39(48)47(30-52-23-25-56(4,5)6)31-53-24-26-57(7,8)9/h10-14,27-29,32,44H,15-26,30-31H2,1-9H3. The number of hydrogen-bond acceptors (Lipinski definition) is 12. The van der Waals surface area contributed by atoms with E-state index in [2.05, 4.69) is 70.4 Å². The predicted octanol–water partition coefficient (Wildman–Crippen LogP) is 8.33. The fraction of sp³-hybridized carbons (Fsp3) is 0.610. The van der Waals surface area contributed by atoms with Gasteiger partial charge in [0.15, 0.2) is 17.1 Å². The maximum absolute atomic E-state index is 13.6. The van der Waals surface area contributed by atoms with Crippen molar-refractivity contribution in [1.29, 1.82) is 0 Å². The van der Waals surface area contributed by atoms with Gasteiger partial charge in [-0.3, -0.25) is 4.99 Å². The number of anilines is 2. The first kappa shape index (κ1) is 46.7. The zero-order valence-electron chi connectivity index (χ0n) is 35.6. The van der Waals surface area contributed by atoms with Gasteiger partial charge in [0.1, 0.15) is 20.1 Å². The number of ether oxygens (including phenoxy) is 6. The Morgan fingerprint density at radius 3 is 2.14 bits per heavy atom. The molecule has 2 aromatic heterocycles. The van der Waals surface area contributed by atoms with Crippen molar-refractivity contribution in [1.82, 2.24) is 14.6 Å². The predicted molar refractivity (Wildman–Crippen MR) is 238 cm³/mol. The number of fused-ring (bicyclic) bond motifs is 1. The summed E-state index contributed by atoms with van der Waals surface area (Å²) in [5.74, 6) is 0.416. The molecule has 0 atom stereocenters. The third kappa shape index (κ3) is 14.1. The van der Waals surface area contributed by atoms with E-state index in [1.807, 2.05) is 53.5 Å². The highest BCUT2D eigenvalue weighted by Crippen LogP contribution is 2.45. The molecule has 1 aromatic carbocycles. The number of aliphatic imine (C=N–C) groups is 1. The smallest absolute Gasteiger partial charge is 0.338 e. The summed E-state index contributed by atoms with van der Waals surface area (Å²) in [7, 11) is 2.31. The van der Waals surface area contributed by atoms with E-state index < -0.39 is 21.7 Å². The summed E-state index contributed by atoms with van der Waals surface area (Å²) in [4.78, 5) is 25.5. The van der Waals surface area contributed by atoms with Crippen LogP contribution in [0.15, 0.2) is 52.2 Å². The molecule has 1 fully saturated rings. The fourth-order valence-electron chi connectivity index (χ4n) is 6.44. The van der Waals surface area contributed by atoms with Crippen LogP contribution >= 0.6 is 15.9 Å². The van der Waals surface area contributed by atoms with Gasteiger partial charge in [-0.25, -0.2) is 9.78 Å². The van der Waals surface area contributed by atoms with E-state index in [1.54, 1.807) is 21.3 Å². The third-order valence-electron chi connectivity index (χ3n) is 9.86. The second kappa shape index (κ2) is 22.4. The van der Waals surface area contributed by atoms with Gasteiger partial charge in [-0.05, 0) is 65.8 Å². The molecule has 0 amide bonds. The zero-order valence-corrected chi connectivity index (χ0v) is 39.2. The van der Waals surface area contributed by atoms with Gasteiger partial charge >= 0.3 is 5.97 Å². The van der Waals surface area contributed by atoms with Gasteiger partial charge < -0.3 is 38.6 Å². The maximum atomic E-state index is 13.6. The number of nitrogens with one attached hydrogen (secondary N) is 1. The van der Waals surface area contributed by atoms with Crippen LogP contribution in [-0.2, 0) is 33.2 Å². The highest BCUT2D eigenvalue weighted by atomic mass is 79.9. The van der Waals surface area contributed by atoms with Crippen LogP contribution in [0.25, 0.3) is 11.2 Å². The van der Waals surface area contributed by atoms with Gasteiger partial charge in [-0.1, -0.05) is 57.5 Å². The highest BCUT2D eigenvalue weighted by molar-refractivity contribution is 9.10. The number of carbonyl (C=O) groups excluding carboxylic acids is 1. The van der Waals surface area contributed by atoms with E-state index in [9.17, 15) is 4.79 Å². The van der Waals surface area contributed by atoms with Crippen LogP contribution in [0.4, 0.5) is 11.5 Å². The number of nitrogens with zero attached hydrogens (tertiary/aromatic N) is 5. The summed E-state index contributed by atoms with van der Waals surface area (Å²) in [6.45, 7) is 17.2. The molecule has 13 nitrogen and oxygen atoms in total. The topological polar surface area (TPSA) is 130 Å². The third-order valence-corrected chi connectivity index (χ3v) is 14.0. The molecule has 0 spiro atoms. The SMILES string of the molecule is CN=CC(=CNc1ccccc1)c1cnn2c(N(COCC[Si](C)(C)C)COCC[Si](C)(C)C)c(Br)c(C3CCC(OCCOC)(C(=O)OCCOC)CC3)nc12. The lowest BCUT2D eigenvalue weighted by atomic mass is 9.77. The van der Waals surface area contributed by atoms with Crippen molar-refractivity contribution in [2.75, 3.05) is 84.6 Å². The minimum absolute atomic E-state index is 0.00557. The first-order chi connectivity index (χ1) is 27.2. The molecule has 1 N–H and O–H groups in total. The van der Waals surface area contributed by atoms with Crippen LogP contribution in [0, 0.1) is 0 Å². The van der Waals surface area contributed by atoms with Crippen LogP contribution in [-0.4, -0.2) is 123 Å². The number of methoxy groups -OCH3 is 2. The summed E-state index contributed by atoms with van der Waals surface area (Å²) in [6.07, 6.45) is 7.80. The fourth-order valence-corrected chi connectivity index (χ4v) is 8.79. The monoisotopic (exact) mass is 888 g/mol. The number of aromatic nitrogens is 3. The van der Waals surface area contributed by atoms with E-state index in [0.717, 1.165) is 44.9 Å². The van der Waals surface area contributed by atoms with Crippen LogP contribution in [0.2, 0.25) is 51.4 Å². The Morgan fingerprint density at radius 2 is 1.56 bits per heavy atom. The van der Waals surface area contributed by atoms with Gasteiger partial charge in [-0.2, -0.15) is 9.61 Å². The molecule has 0 unspecified atom stereocenters. The van der Waals surface area contributed by atoms with E-state index >= 15 is 0 Å². The van der Waals surface area contributed by atoms with Gasteiger partial charge in [0, 0.05) is 85.8 Å². The molecule has 16 heteroatoms. The average Bonchev–Trinajstić information content (AvgIpc) is 3.59. The summed E-state index contributed by atoms with van der Waals surface area (Å²) in [5.41, 5.74) is 3.04. The number of rotatable bonds is 24. The highest BCUT2D eigenvalue weighted by Gasteiger charge is 2.45. The minimum Gasteiger partial charge on any atom is -0.461 e. The Labute approximate surface area is 350 Å². The van der Waals surface area contributed by atoms with Crippen molar-refractivity contribution in [3.8, 4) is 0 Å². The number of para-hydroxylation sites is 1. The molecule has 2 heterocycles.